The Morgan fingerprint density at radius 3 is 2.52 bits per heavy atom. The Hall–Kier alpha value is -2.58. The van der Waals surface area contributed by atoms with Crippen molar-refractivity contribution in [3.63, 3.8) is 0 Å². The molecule has 3 atom stereocenters. The van der Waals surface area contributed by atoms with Crippen LogP contribution in [-0.2, 0) is 23.9 Å². The second-order valence-electron chi connectivity index (χ2n) is 8.36. The van der Waals surface area contributed by atoms with E-state index >= 15 is 0 Å². The summed E-state index contributed by atoms with van der Waals surface area (Å²) in [4.78, 5) is 53.1. The van der Waals surface area contributed by atoms with Crippen LogP contribution in [0.15, 0.2) is 12.7 Å². The molecule has 0 radical (unpaired) electrons. The number of fused-ring (bicyclic) bond motifs is 1. The first-order valence-electron chi connectivity index (χ1n) is 9.88. The van der Waals surface area contributed by atoms with Gasteiger partial charge in [0.15, 0.2) is 0 Å². The Bertz CT molecular complexity index is 672. The molecule has 162 valence electrons. The van der Waals surface area contributed by atoms with Crippen LogP contribution < -0.4 is 5.32 Å². The summed E-state index contributed by atoms with van der Waals surface area (Å²) in [6.45, 7) is 10.6. The summed E-state index contributed by atoms with van der Waals surface area (Å²) in [5, 5.41) is 2.58. The van der Waals surface area contributed by atoms with Crippen molar-refractivity contribution in [1.82, 2.24) is 15.1 Å². The van der Waals surface area contributed by atoms with E-state index in [-0.39, 0.29) is 25.1 Å². The minimum atomic E-state index is -1.01. The Kier molecular flexibility index (Phi) is 7.26. The number of nitrogens with zero attached hydrogens (tertiary/aromatic N) is 2. The van der Waals surface area contributed by atoms with Crippen molar-refractivity contribution in [3.05, 3.63) is 12.7 Å². The smallest absolute Gasteiger partial charge is 0.408 e. The summed E-state index contributed by atoms with van der Waals surface area (Å²) in [6.07, 6.45) is 2.39. The molecule has 29 heavy (non-hydrogen) atoms. The first kappa shape index (κ1) is 22.7. The van der Waals surface area contributed by atoms with Crippen molar-refractivity contribution < 1.29 is 28.7 Å². The molecule has 0 unspecified atom stereocenters. The van der Waals surface area contributed by atoms with Crippen LogP contribution in [0.4, 0.5) is 4.79 Å². The Labute approximate surface area is 171 Å². The van der Waals surface area contributed by atoms with Crippen molar-refractivity contribution in [2.75, 3.05) is 19.7 Å². The van der Waals surface area contributed by atoms with E-state index in [2.05, 4.69) is 11.9 Å². The minimum absolute atomic E-state index is 0.0189. The molecule has 1 N–H and O–H groups in total. The lowest BCUT2D eigenvalue weighted by atomic mass is 10.1. The van der Waals surface area contributed by atoms with E-state index in [9.17, 15) is 19.2 Å². The lowest BCUT2D eigenvalue weighted by Gasteiger charge is -2.38. The molecular weight excluding hydrogens is 378 g/mol. The van der Waals surface area contributed by atoms with Gasteiger partial charge < -0.3 is 24.6 Å². The third kappa shape index (κ3) is 5.95. The second kappa shape index (κ2) is 9.28. The van der Waals surface area contributed by atoms with Crippen molar-refractivity contribution in [2.24, 2.45) is 0 Å². The van der Waals surface area contributed by atoms with Gasteiger partial charge in [-0.3, -0.25) is 9.59 Å². The molecule has 2 rings (SSSR count). The van der Waals surface area contributed by atoms with Crippen LogP contribution in [0.3, 0.4) is 0 Å². The predicted octanol–water partition coefficient (Wildman–Crippen LogP) is 1.22. The van der Waals surface area contributed by atoms with Gasteiger partial charge >= 0.3 is 12.1 Å². The summed E-state index contributed by atoms with van der Waals surface area (Å²) in [5.41, 5.74) is -0.734. The average molecular weight is 409 g/mol. The Morgan fingerprint density at radius 2 is 1.93 bits per heavy atom. The van der Waals surface area contributed by atoms with Gasteiger partial charge in [0.1, 0.15) is 24.3 Å². The average Bonchev–Trinajstić information content (AvgIpc) is 3.02. The van der Waals surface area contributed by atoms with Crippen LogP contribution in [0.5, 0.6) is 0 Å². The molecule has 2 fully saturated rings. The number of hydrogen-bond donors (Lipinski definition) is 1. The normalized spacial score (nSPS) is 24.8. The lowest BCUT2D eigenvalue weighted by molar-refractivity contribution is -0.155. The molecule has 0 saturated carbocycles. The zero-order chi connectivity index (χ0) is 21.8. The number of carbonyl (C=O) groups is 4. The van der Waals surface area contributed by atoms with E-state index in [0.29, 0.717) is 25.8 Å². The van der Waals surface area contributed by atoms with Crippen LogP contribution in [0.1, 0.15) is 47.0 Å². The summed E-state index contributed by atoms with van der Waals surface area (Å²) < 4.78 is 10.4. The topological polar surface area (TPSA) is 105 Å². The number of nitrogens with one attached hydrogen (secondary N) is 1. The fourth-order valence-electron chi connectivity index (χ4n) is 3.69. The van der Waals surface area contributed by atoms with E-state index < -0.39 is 35.7 Å². The molecule has 2 saturated heterocycles. The minimum Gasteiger partial charge on any atom is -0.460 e. The summed E-state index contributed by atoms with van der Waals surface area (Å²) in [7, 11) is 0. The van der Waals surface area contributed by atoms with Crippen LogP contribution in [-0.4, -0.2) is 77.1 Å². The molecular formula is C20H31N3O6. The van der Waals surface area contributed by atoms with Crippen LogP contribution in [0.2, 0.25) is 0 Å². The zero-order valence-corrected chi connectivity index (χ0v) is 17.6. The predicted molar refractivity (Wildman–Crippen MR) is 105 cm³/mol. The Morgan fingerprint density at radius 1 is 1.24 bits per heavy atom. The van der Waals surface area contributed by atoms with E-state index in [1.54, 1.807) is 25.7 Å². The molecule has 0 aliphatic carbocycles. The highest BCUT2D eigenvalue weighted by Gasteiger charge is 2.46. The first-order valence-corrected chi connectivity index (χ1v) is 9.88. The van der Waals surface area contributed by atoms with Crippen molar-refractivity contribution >= 4 is 23.9 Å². The molecule has 3 amide bonds. The quantitative estimate of drug-likeness (QED) is 0.553. The van der Waals surface area contributed by atoms with E-state index in [0.717, 1.165) is 0 Å². The zero-order valence-electron chi connectivity index (χ0n) is 17.6. The van der Waals surface area contributed by atoms with Gasteiger partial charge in [0.2, 0.25) is 11.8 Å². The monoisotopic (exact) mass is 409 g/mol. The first-order chi connectivity index (χ1) is 13.5. The molecule has 0 aromatic rings. The van der Waals surface area contributed by atoms with Crippen molar-refractivity contribution in [2.45, 2.75) is 70.7 Å². The fourth-order valence-corrected chi connectivity index (χ4v) is 3.69. The van der Waals surface area contributed by atoms with Crippen molar-refractivity contribution in [1.29, 1.82) is 0 Å². The number of carbonyl (C=O) groups excluding carboxylic acids is 4. The largest absolute Gasteiger partial charge is 0.460 e. The summed E-state index contributed by atoms with van der Waals surface area (Å²) in [5.74, 6) is -1.08. The highest BCUT2D eigenvalue weighted by Crippen LogP contribution is 2.30. The number of alkyl carbamates (subject to hydrolysis) is 1. The van der Waals surface area contributed by atoms with Gasteiger partial charge in [-0.05, 0) is 40.0 Å². The van der Waals surface area contributed by atoms with Gasteiger partial charge in [0.25, 0.3) is 0 Å². The SMILES string of the molecule is C=CCOC(=O)[C@@H]1CC[C@@H]2CCN(C(C)=O)C[C@H](NC(=O)OC(C)(C)C)C(=O)N21. The fraction of sp³-hybridized carbons (Fsp3) is 0.700. The van der Waals surface area contributed by atoms with Gasteiger partial charge in [-0.1, -0.05) is 12.7 Å². The highest BCUT2D eigenvalue weighted by molar-refractivity contribution is 5.91. The molecule has 9 heteroatoms. The third-order valence-corrected chi connectivity index (χ3v) is 4.94. The molecule has 0 aromatic heterocycles. The lowest BCUT2D eigenvalue weighted by Crippen LogP contribution is -2.60. The summed E-state index contributed by atoms with van der Waals surface area (Å²) >= 11 is 0. The van der Waals surface area contributed by atoms with Gasteiger partial charge in [0.05, 0.1) is 6.54 Å². The van der Waals surface area contributed by atoms with Gasteiger partial charge in [-0.2, -0.15) is 0 Å². The summed E-state index contributed by atoms with van der Waals surface area (Å²) in [6, 6.07) is -1.92. The molecule has 0 aromatic carbocycles. The van der Waals surface area contributed by atoms with Gasteiger partial charge in [0, 0.05) is 19.5 Å². The van der Waals surface area contributed by atoms with Crippen molar-refractivity contribution in [3.8, 4) is 0 Å². The number of esters is 1. The molecule has 2 aliphatic heterocycles. The maximum absolute atomic E-state index is 13.3. The standard InChI is InChI=1S/C20H31N3O6/c1-6-11-28-18(26)16-8-7-14-9-10-22(13(2)24)12-15(17(25)23(14)16)21-19(27)29-20(3,4)5/h6,14-16H,1,7-12H2,2-5H3,(H,21,27)/t14-,15+,16+/m1/s1. The number of hydrogen-bond acceptors (Lipinski definition) is 6. The molecule has 0 spiro atoms. The number of amides is 3. The third-order valence-electron chi connectivity index (χ3n) is 4.94. The highest BCUT2D eigenvalue weighted by atomic mass is 16.6. The maximum atomic E-state index is 13.3. The Balaban J connectivity index is 2.24. The van der Waals surface area contributed by atoms with Gasteiger partial charge in [-0.25, -0.2) is 9.59 Å². The molecule has 0 bridgehead atoms. The number of ether oxygens (including phenoxy) is 2. The second-order valence-corrected chi connectivity index (χ2v) is 8.36. The molecule has 9 nitrogen and oxygen atoms in total. The molecule has 2 heterocycles. The van der Waals surface area contributed by atoms with E-state index in [4.69, 9.17) is 9.47 Å². The van der Waals surface area contributed by atoms with Crippen LogP contribution in [0, 0.1) is 0 Å². The van der Waals surface area contributed by atoms with E-state index in [1.807, 2.05) is 0 Å². The molecule has 2 aliphatic rings. The number of rotatable bonds is 4. The van der Waals surface area contributed by atoms with Crippen LogP contribution >= 0.6 is 0 Å². The van der Waals surface area contributed by atoms with Crippen LogP contribution in [0.25, 0.3) is 0 Å². The maximum Gasteiger partial charge on any atom is 0.408 e. The van der Waals surface area contributed by atoms with E-state index in [1.165, 1.54) is 17.9 Å². The van der Waals surface area contributed by atoms with Gasteiger partial charge in [-0.15, -0.1) is 0 Å².